The van der Waals surface area contributed by atoms with E-state index in [9.17, 15) is 0 Å². The first-order valence-electron chi connectivity index (χ1n) is 2.40. The molecule has 0 radical (unpaired) electrons. The molecule has 0 amide bonds. The molecule has 0 nitrogen and oxygen atoms in total. The van der Waals surface area contributed by atoms with E-state index in [-0.39, 0.29) is 51.4 Å². The third kappa shape index (κ3) is 10.2. The Hall–Kier alpha value is 1.12. The molecule has 0 aromatic rings. The van der Waals surface area contributed by atoms with Gasteiger partial charge in [0, 0.05) is 0 Å². The van der Waals surface area contributed by atoms with E-state index in [1.54, 1.807) is 6.08 Å². The predicted octanol–water partition coefficient (Wildman–Crippen LogP) is -1.01. The molecule has 8 heavy (non-hydrogen) atoms. The molecule has 0 fully saturated rings. The molecule has 0 heterocycles. The zero-order valence-electron chi connectivity index (χ0n) is 5.81. The molecular formula is C7H10K-. The molecule has 1 heteroatoms. The van der Waals surface area contributed by atoms with Crippen LogP contribution in [0.4, 0.5) is 0 Å². The van der Waals surface area contributed by atoms with Gasteiger partial charge in [-0.05, 0) is 0 Å². The molecule has 0 saturated heterocycles. The fourth-order valence-corrected chi connectivity index (χ4v) is 0.248. The maximum Gasteiger partial charge on any atom is 1.00 e. The van der Waals surface area contributed by atoms with Gasteiger partial charge in [0.2, 0.25) is 0 Å². The fourth-order valence-electron chi connectivity index (χ4n) is 0.248. The van der Waals surface area contributed by atoms with Crippen LogP contribution in [-0.4, -0.2) is 0 Å². The van der Waals surface area contributed by atoms with Crippen LogP contribution in [0.25, 0.3) is 0 Å². The van der Waals surface area contributed by atoms with Gasteiger partial charge in [-0.25, -0.2) is 0 Å². The van der Waals surface area contributed by atoms with Crippen molar-refractivity contribution in [1.82, 2.24) is 0 Å². The molecule has 0 unspecified atom stereocenters. The van der Waals surface area contributed by atoms with E-state index in [0.29, 0.717) is 5.92 Å². The van der Waals surface area contributed by atoms with Crippen LogP contribution in [0.15, 0.2) is 12.2 Å². The summed E-state index contributed by atoms with van der Waals surface area (Å²) in [4.78, 5) is 0. The van der Waals surface area contributed by atoms with Gasteiger partial charge >= 0.3 is 51.4 Å². The average Bonchev–Trinajstić information content (AvgIpc) is 1.61. The minimum absolute atomic E-state index is 0. The van der Waals surface area contributed by atoms with Crippen molar-refractivity contribution in [2.75, 3.05) is 0 Å². The smallest absolute Gasteiger partial charge is 0.394 e. The molecule has 40 valence electrons. The van der Waals surface area contributed by atoms with Gasteiger partial charge in [-0.1, -0.05) is 13.8 Å². The molecule has 0 N–H and O–H groups in total. The molecule has 0 aromatic heterocycles. The average molecular weight is 133 g/mol. The Kier molecular flexibility index (Phi) is 12.0. The van der Waals surface area contributed by atoms with Gasteiger partial charge in [-0.15, -0.1) is 5.92 Å². The van der Waals surface area contributed by atoms with Gasteiger partial charge in [0.1, 0.15) is 0 Å². The minimum atomic E-state index is 0. The van der Waals surface area contributed by atoms with Gasteiger partial charge in [-0.3, -0.25) is 0 Å². The monoisotopic (exact) mass is 133 g/mol. The molecular weight excluding hydrogens is 123 g/mol. The quantitative estimate of drug-likeness (QED) is 0.257. The normalized spacial score (nSPS) is 9.38. The summed E-state index contributed by atoms with van der Waals surface area (Å²) >= 11 is 0. The minimum Gasteiger partial charge on any atom is -0.394 e. The molecule has 0 spiro atoms. The second kappa shape index (κ2) is 8.12. The van der Waals surface area contributed by atoms with Crippen LogP contribution in [0.5, 0.6) is 0 Å². The Labute approximate surface area is 94.5 Å². The number of allylic oxidation sites excluding steroid dienone is 3. The maximum absolute atomic E-state index is 5.03. The standard InChI is InChI=1S/C7H10.K/c1-4-5-6-7(2)3;/h1,4-5,7H,2-3H3;/q-2;+1. The molecule has 0 aliphatic carbocycles. The third-order valence-electron chi connectivity index (χ3n) is 0.526. The van der Waals surface area contributed by atoms with E-state index in [1.807, 2.05) is 0 Å². The van der Waals surface area contributed by atoms with Gasteiger partial charge in [0.05, 0.1) is 0 Å². The summed E-state index contributed by atoms with van der Waals surface area (Å²) in [6.07, 6.45) is 6.20. The summed E-state index contributed by atoms with van der Waals surface area (Å²) in [7, 11) is 0. The van der Waals surface area contributed by atoms with Crippen LogP contribution in [0.1, 0.15) is 13.8 Å². The van der Waals surface area contributed by atoms with Crippen molar-refractivity contribution in [1.29, 1.82) is 0 Å². The summed E-state index contributed by atoms with van der Waals surface area (Å²) in [6, 6.07) is 0. The number of hydrogen-bond donors (Lipinski definition) is 0. The zero-order chi connectivity index (χ0) is 5.70. The van der Waals surface area contributed by atoms with E-state index in [1.165, 1.54) is 6.08 Å². The van der Waals surface area contributed by atoms with E-state index in [2.05, 4.69) is 19.9 Å². The Bertz CT molecular complexity index is 72.5. The molecule has 0 rings (SSSR count). The predicted molar refractivity (Wildman–Crippen MR) is 31.5 cm³/mol. The summed E-state index contributed by atoms with van der Waals surface area (Å²) in [5, 5.41) is 0. The summed E-state index contributed by atoms with van der Waals surface area (Å²) < 4.78 is 0. The van der Waals surface area contributed by atoms with E-state index in [4.69, 9.17) is 6.58 Å². The zero-order valence-corrected chi connectivity index (χ0v) is 8.93. The Morgan fingerprint density at radius 3 is 2.12 bits per heavy atom. The summed E-state index contributed by atoms with van der Waals surface area (Å²) in [5.74, 6) is 0.486. The van der Waals surface area contributed by atoms with E-state index >= 15 is 0 Å². The van der Waals surface area contributed by atoms with Crippen molar-refractivity contribution in [3.05, 3.63) is 24.8 Å². The van der Waals surface area contributed by atoms with Crippen LogP contribution in [0.2, 0.25) is 0 Å². The summed E-state index contributed by atoms with van der Waals surface area (Å²) in [6.45, 7) is 9.14. The second-order valence-corrected chi connectivity index (χ2v) is 1.68. The first-order valence-corrected chi connectivity index (χ1v) is 2.40. The molecule has 0 aliphatic rings. The van der Waals surface area contributed by atoms with Gasteiger partial charge < -0.3 is 24.8 Å². The van der Waals surface area contributed by atoms with Crippen LogP contribution < -0.4 is 51.4 Å². The first kappa shape index (κ1) is 11.9. The number of hydrogen-bond acceptors (Lipinski definition) is 0. The van der Waals surface area contributed by atoms with Crippen molar-refractivity contribution in [2.24, 2.45) is 5.92 Å². The van der Waals surface area contributed by atoms with E-state index in [0.717, 1.165) is 0 Å². The second-order valence-electron chi connectivity index (χ2n) is 1.68. The van der Waals surface area contributed by atoms with Gasteiger partial charge in [0.25, 0.3) is 0 Å². The third-order valence-corrected chi connectivity index (χ3v) is 0.526. The van der Waals surface area contributed by atoms with Crippen molar-refractivity contribution in [3.8, 4) is 0 Å². The van der Waals surface area contributed by atoms with E-state index < -0.39 is 0 Å². The largest absolute Gasteiger partial charge is 1.00 e. The molecule has 0 aromatic carbocycles. The van der Waals surface area contributed by atoms with Crippen LogP contribution in [0.3, 0.4) is 0 Å². The van der Waals surface area contributed by atoms with Crippen LogP contribution >= 0.6 is 0 Å². The molecule has 0 atom stereocenters. The van der Waals surface area contributed by atoms with Crippen molar-refractivity contribution >= 4 is 0 Å². The summed E-state index contributed by atoms with van der Waals surface area (Å²) in [5.41, 5.74) is 0. The van der Waals surface area contributed by atoms with Crippen molar-refractivity contribution in [3.63, 3.8) is 0 Å². The Morgan fingerprint density at radius 1 is 1.50 bits per heavy atom. The molecule has 0 bridgehead atoms. The van der Waals surface area contributed by atoms with Crippen molar-refractivity contribution < 1.29 is 51.4 Å². The topological polar surface area (TPSA) is 0 Å². The van der Waals surface area contributed by atoms with Crippen LogP contribution in [-0.2, 0) is 0 Å². The van der Waals surface area contributed by atoms with Gasteiger partial charge in [-0.2, -0.15) is 0 Å². The Morgan fingerprint density at radius 2 is 2.00 bits per heavy atom. The molecule has 0 saturated carbocycles. The SMILES string of the molecule is [CH-]=CC=[C-]C(C)C.[K+]. The van der Waals surface area contributed by atoms with Crippen molar-refractivity contribution in [2.45, 2.75) is 13.8 Å². The maximum atomic E-state index is 5.03. The van der Waals surface area contributed by atoms with Crippen LogP contribution in [0, 0.1) is 18.6 Å². The number of rotatable bonds is 2. The molecule has 0 aliphatic heterocycles. The van der Waals surface area contributed by atoms with Gasteiger partial charge in [0.15, 0.2) is 0 Å². The fraction of sp³-hybridized carbons (Fsp3) is 0.429. The Balaban J connectivity index is 0. The first-order chi connectivity index (χ1) is 3.27.